The molecule has 0 N–H and O–H groups in total. The molecule has 6 nitrogen and oxygen atoms in total. The zero-order valence-electron chi connectivity index (χ0n) is 19.2. The molecule has 3 aromatic carbocycles. The Morgan fingerprint density at radius 3 is 2.51 bits per heavy atom. The minimum atomic E-state index is -2.70. The Morgan fingerprint density at radius 2 is 1.77 bits per heavy atom. The van der Waals surface area contributed by atoms with Gasteiger partial charge in [0.2, 0.25) is 0 Å². The SMILES string of the molecule is COC(=O)CN1Cc2cc(-c3cccc4cc(C(=O)N5CCC(F)(F)CC5)ccc34)ccc2C1=O. The summed E-state index contributed by atoms with van der Waals surface area (Å²) < 4.78 is 31.6. The summed E-state index contributed by atoms with van der Waals surface area (Å²) in [4.78, 5) is 40.1. The van der Waals surface area contributed by atoms with Crippen LogP contribution in [-0.4, -0.2) is 60.3 Å². The van der Waals surface area contributed by atoms with Crippen molar-refractivity contribution in [2.24, 2.45) is 0 Å². The number of benzene rings is 3. The van der Waals surface area contributed by atoms with Crippen LogP contribution in [0.3, 0.4) is 0 Å². The van der Waals surface area contributed by atoms with Gasteiger partial charge < -0.3 is 14.5 Å². The smallest absolute Gasteiger partial charge is 0.325 e. The lowest BCUT2D eigenvalue weighted by Gasteiger charge is -2.31. The van der Waals surface area contributed by atoms with Crippen molar-refractivity contribution in [3.8, 4) is 11.1 Å². The number of methoxy groups -OCH3 is 1. The van der Waals surface area contributed by atoms with Gasteiger partial charge in [-0.15, -0.1) is 0 Å². The molecule has 2 amide bonds. The second kappa shape index (κ2) is 8.76. The van der Waals surface area contributed by atoms with Gasteiger partial charge in [-0.2, -0.15) is 0 Å². The topological polar surface area (TPSA) is 66.9 Å². The highest BCUT2D eigenvalue weighted by atomic mass is 19.3. The first-order chi connectivity index (χ1) is 16.8. The first kappa shape index (κ1) is 23.0. The molecule has 0 saturated carbocycles. The van der Waals surface area contributed by atoms with E-state index >= 15 is 0 Å². The lowest BCUT2D eigenvalue weighted by Crippen LogP contribution is -2.42. The molecule has 2 heterocycles. The maximum Gasteiger partial charge on any atom is 0.325 e. The third-order valence-corrected chi connectivity index (χ3v) is 6.75. The summed E-state index contributed by atoms with van der Waals surface area (Å²) in [5.74, 6) is -3.61. The van der Waals surface area contributed by atoms with Gasteiger partial charge in [0.25, 0.3) is 17.7 Å². The molecule has 2 aliphatic heterocycles. The number of hydrogen-bond donors (Lipinski definition) is 0. The summed E-state index contributed by atoms with van der Waals surface area (Å²) in [7, 11) is 1.29. The average Bonchev–Trinajstić information content (AvgIpc) is 3.17. The van der Waals surface area contributed by atoms with E-state index in [1.165, 1.54) is 16.9 Å². The van der Waals surface area contributed by atoms with E-state index in [9.17, 15) is 23.2 Å². The minimum Gasteiger partial charge on any atom is -0.468 e. The third kappa shape index (κ3) is 4.36. The monoisotopic (exact) mass is 478 g/mol. The van der Waals surface area contributed by atoms with Gasteiger partial charge in [-0.05, 0) is 51.7 Å². The molecule has 3 aromatic rings. The standard InChI is InChI=1S/C27H24F2N2O4/c1-35-24(32)16-31-15-20-14-18(5-8-23(20)26(31)34)21-4-2-3-17-13-19(6-7-22(17)21)25(33)30-11-9-27(28,29)10-12-30/h2-8,13-14H,9-12,15-16H2,1H3. The van der Waals surface area contributed by atoms with Gasteiger partial charge in [0.1, 0.15) is 6.54 Å². The van der Waals surface area contributed by atoms with E-state index in [1.807, 2.05) is 36.4 Å². The Balaban J connectivity index is 1.42. The molecule has 0 radical (unpaired) electrons. The van der Waals surface area contributed by atoms with E-state index in [4.69, 9.17) is 0 Å². The van der Waals surface area contributed by atoms with Crippen LogP contribution in [0.15, 0.2) is 54.6 Å². The number of alkyl halides is 2. The van der Waals surface area contributed by atoms with Crippen molar-refractivity contribution in [2.45, 2.75) is 25.3 Å². The first-order valence-corrected chi connectivity index (χ1v) is 11.4. The molecular weight excluding hydrogens is 454 g/mol. The number of likely N-dealkylation sites (tertiary alicyclic amines) is 1. The summed E-state index contributed by atoms with van der Waals surface area (Å²) >= 11 is 0. The highest BCUT2D eigenvalue weighted by molar-refractivity contribution is 6.04. The number of carbonyl (C=O) groups is 3. The largest absolute Gasteiger partial charge is 0.468 e. The lowest BCUT2D eigenvalue weighted by molar-refractivity contribution is -0.141. The van der Waals surface area contributed by atoms with Gasteiger partial charge in [0.05, 0.1) is 7.11 Å². The maximum atomic E-state index is 13.5. The van der Waals surface area contributed by atoms with Gasteiger partial charge in [0.15, 0.2) is 0 Å². The van der Waals surface area contributed by atoms with Gasteiger partial charge >= 0.3 is 5.97 Å². The summed E-state index contributed by atoms with van der Waals surface area (Å²) in [5, 5.41) is 1.80. The summed E-state index contributed by atoms with van der Waals surface area (Å²) in [6.07, 6.45) is -0.622. The molecule has 2 aliphatic rings. The number of hydrogen-bond acceptors (Lipinski definition) is 4. The summed E-state index contributed by atoms with van der Waals surface area (Å²) in [5.41, 5.74) is 3.73. The molecule has 0 aromatic heterocycles. The van der Waals surface area contributed by atoms with Crippen LogP contribution in [0.4, 0.5) is 8.78 Å². The molecule has 8 heteroatoms. The third-order valence-electron chi connectivity index (χ3n) is 6.75. The lowest BCUT2D eigenvalue weighted by atomic mass is 9.94. The van der Waals surface area contributed by atoms with Crippen LogP contribution in [0.1, 0.15) is 39.1 Å². The molecule has 0 atom stereocenters. The van der Waals surface area contributed by atoms with Crippen molar-refractivity contribution in [2.75, 3.05) is 26.7 Å². The normalized spacial score (nSPS) is 16.9. The van der Waals surface area contributed by atoms with E-state index < -0.39 is 11.9 Å². The fourth-order valence-electron chi connectivity index (χ4n) is 4.78. The second-order valence-electron chi connectivity index (χ2n) is 9.00. The Bertz CT molecular complexity index is 1340. The van der Waals surface area contributed by atoms with Crippen LogP contribution >= 0.6 is 0 Å². The van der Waals surface area contributed by atoms with Gasteiger partial charge in [0, 0.05) is 43.6 Å². The van der Waals surface area contributed by atoms with Crippen LogP contribution in [-0.2, 0) is 16.1 Å². The Labute approximate surface area is 201 Å². The second-order valence-corrected chi connectivity index (χ2v) is 9.00. The number of piperidine rings is 1. The number of rotatable bonds is 4. The van der Waals surface area contributed by atoms with Crippen LogP contribution in [0.2, 0.25) is 0 Å². The molecule has 1 fully saturated rings. The quantitative estimate of drug-likeness (QED) is 0.518. The number of amides is 2. The molecule has 180 valence electrons. The zero-order valence-corrected chi connectivity index (χ0v) is 19.2. The van der Waals surface area contributed by atoms with Crippen LogP contribution < -0.4 is 0 Å². The van der Waals surface area contributed by atoms with Crippen molar-refractivity contribution in [1.82, 2.24) is 9.80 Å². The van der Waals surface area contributed by atoms with Crippen molar-refractivity contribution < 1.29 is 27.9 Å². The molecule has 0 unspecified atom stereocenters. The Kier molecular flexibility index (Phi) is 5.75. The number of ether oxygens (including phenoxy) is 1. The summed E-state index contributed by atoms with van der Waals surface area (Å²) in [6, 6.07) is 16.8. The molecule has 5 rings (SSSR count). The van der Waals surface area contributed by atoms with Crippen LogP contribution in [0.5, 0.6) is 0 Å². The molecular formula is C27H24F2N2O4. The number of nitrogens with zero attached hydrogens (tertiary/aromatic N) is 2. The van der Waals surface area contributed by atoms with Gasteiger partial charge in [-0.1, -0.05) is 30.3 Å². The molecule has 1 saturated heterocycles. The summed E-state index contributed by atoms with van der Waals surface area (Å²) in [6.45, 7) is 0.323. The zero-order chi connectivity index (χ0) is 24.7. The molecule has 0 bridgehead atoms. The van der Waals surface area contributed by atoms with Crippen LogP contribution in [0.25, 0.3) is 21.9 Å². The Hall–Kier alpha value is -3.81. The average molecular weight is 478 g/mol. The van der Waals surface area contributed by atoms with E-state index in [0.29, 0.717) is 17.7 Å². The molecule has 0 spiro atoms. The number of carbonyl (C=O) groups excluding carboxylic acids is 3. The van der Waals surface area contributed by atoms with Crippen molar-refractivity contribution >= 4 is 28.6 Å². The van der Waals surface area contributed by atoms with Gasteiger partial charge in [-0.25, -0.2) is 8.78 Å². The maximum absolute atomic E-state index is 13.5. The molecule has 35 heavy (non-hydrogen) atoms. The molecule has 0 aliphatic carbocycles. The number of halogens is 2. The number of esters is 1. The first-order valence-electron chi connectivity index (χ1n) is 11.4. The van der Waals surface area contributed by atoms with Crippen molar-refractivity contribution in [1.29, 1.82) is 0 Å². The van der Waals surface area contributed by atoms with Crippen molar-refractivity contribution in [3.05, 3.63) is 71.3 Å². The highest BCUT2D eigenvalue weighted by Gasteiger charge is 2.36. The van der Waals surface area contributed by atoms with Crippen molar-refractivity contribution in [3.63, 3.8) is 0 Å². The van der Waals surface area contributed by atoms with Gasteiger partial charge in [-0.3, -0.25) is 14.4 Å². The fraction of sp³-hybridized carbons (Fsp3) is 0.296. The minimum absolute atomic E-state index is 0.0464. The van der Waals surface area contributed by atoms with E-state index in [1.54, 1.807) is 18.2 Å². The van der Waals surface area contributed by atoms with E-state index in [0.717, 1.165) is 27.5 Å². The highest BCUT2D eigenvalue weighted by Crippen LogP contribution is 2.34. The van der Waals surface area contributed by atoms with E-state index in [-0.39, 0.29) is 44.3 Å². The fourth-order valence-corrected chi connectivity index (χ4v) is 4.78. The van der Waals surface area contributed by atoms with E-state index in [2.05, 4.69) is 4.74 Å². The predicted octanol–water partition coefficient (Wildman–Crippen LogP) is 4.51. The van der Waals surface area contributed by atoms with Crippen LogP contribution in [0, 0.1) is 0 Å². The number of fused-ring (bicyclic) bond motifs is 2. The predicted molar refractivity (Wildman–Crippen MR) is 126 cm³/mol. The Morgan fingerprint density at radius 1 is 1.00 bits per heavy atom.